The van der Waals surface area contributed by atoms with Gasteiger partial charge in [-0.15, -0.1) is 0 Å². The quantitative estimate of drug-likeness (QED) is 0.744. The van der Waals surface area contributed by atoms with E-state index >= 15 is 0 Å². The molecule has 0 bridgehead atoms. The molecule has 0 aliphatic rings. The second kappa shape index (κ2) is 8.63. The minimum absolute atomic E-state index is 0.233. The summed E-state index contributed by atoms with van der Waals surface area (Å²) < 4.78 is 34.3. The van der Waals surface area contributed by atoms with Gasteiger partial charge in [0.15, 0.2) is 0 Å². The number of rotatable bonds is 8. The molecule has 2 aromatic rings. The van der Waals surface area contributed by atoms with E-state index in [2.05, 4.69) is 10.3 Å². The van der Waals surface area contributed by atoms with Crippen molar-refractivity contribution in [3.05, 3.63) is 48.2 Å². The summed E-state index contributed by atoms with van der Waals surface area (Å²) >= 11 is 0. The molecule has 0 unspecified atom stereocenters. The van der Waals surface area contributed by atoms with Gasteiger partial charge in [0.1, 0.15) is 11.5 Å². The van der Waals surface area contributed by atoms with Crippen molar-refractivity contribution in [1.29, 1.82) is 0 Å². The second-order valence-electron chi connectivity index (χ2n) is 5.58. The van der Waals surface area contributed by atoms with E-state index < -0.39 is 15.9 Å². The van der Waals surface area contributed by atoms with Gasteiger partial charge in [-0.05, 0) is 17.7 Å². The van der Waals surface area contributed by atoms with Gasteiger partial charge >= 0.3 is 0 Å². The van der Waals surface area contributed by atoms with Crippen molar-refractivity contribution in [3.63, 3.8) is 0 Å². The summed E-state index contributed by atoms with van der Waals surface area (Å²) in [6.07, 6.45) is 2.63. The molecule has 0 fully saturated rings. The van der Waals surface area contributed by atoms with Crippen LogP contribution in [0.5, 0.6) is 17.4 Å². The first kappa shape index (κ1) is 19.7. The molecule has 0 radical (unpaired) electrons. The number of sulfonamides is 1. The molecule has 140 valence electrons. The summed E-state index contributed by atoms with van der Waals surface area (Å²) in [5.74, 6) is 1.29. The zero-order chi connectivity index (χ0) is 19.2. The fourth-order valence-electron chi connectivity index (χ4n) is 1.94. The Hall–Kier alpha value is -2.65. The number of aromatic nitrogens is 1. The van der Waals surface area contributed by atoms with Crippen LogP contribution in [0.25, 0.3) is 0 Å². The Labute approximate surface area is 152 Å². The predicted octanol–water partition coefficient (Wildman–Crippen LogP) is 1.39. The number of hydrogen-bond acceptors (Lipinski definition) is 6. The molecule has 0 aliphatic heterocycles. The minimum atomic E-state index is -3.39. The van der Waals surface area contributed by atoms with Crippen molar-refractivity contribution in [2.24, 2.45) is 0 Å². The van der Waals surface area contributed by atoms with Crippen molar-refractivity contribution in [2.45, 2.75) is 6.54 Å². The Morgan fingerprint density at radius 2 is 1.96 bits per heavy atom. The zero-order valence-corrected chi connectivity index (χ0v) is 15.6. The zero-order valence-electron chi connectivity index (χ0n) is 14.8. The number of carbonyl (C=O) groups excluding carboxylic acids is 1. The highest BCUT2D eigenvalue weighted by Gasteiger charge is 2.14. The minimum Gasteiger partial charge on any atom is -0.497 e. The van der Waals surface area contributed by atoms with Crippen LogP contribution in [0.3, 0.4) is 0 Å². The van der Waals surface area contributed by atoms with Crippen molar-refractivity contribution in [2.75, 3.05) is 27.0 Å². The lowest BCUT2D eigenvalue weighted by atomic mass is 10.3. The lowest BCUT2D eigenvalue weighted by molar-refractivity contribution is -0.121. The molecule has 9 heteroatoms. The van der Waals surface area contributed by atoms with Gasteiger partial charge in [-0.1, -0.05) is 12.1 Å². The molecule has 26 heavy (non-hydrogen) atoms. The van der Waals surface area contributed by atoms with Gasteiger partial charge < -0.3 is 14.8 Å². The highest BCUT2D eigenvalue weighted by atomic mass is 32.2. The number of nitrogens with zero attached hydrogens (tertiary/aromatic N) is 2. The number of carbonyl (C=O) groups is 1. The monoisotopic (exact) mass is 379 g/mol. The van der Waals surface area contributed by atoms with Crippen LogP contribution in [0.2, 0.25) is 0 Å². The summed E-state index contributed by atoms with van der Waals surface area (Å²) in [6.45, 7) is 0.00612. The summed E-state index contributed by atoms with van der Waals surface area (Å²) in [5.41, 5.74) is 0.762. The molecule has 0 spiro atoms. The third-order valence-corrected chi connectivity index (χ3v) is 4.74. The van der Waals surface area contributed by atoms with Crippen LogP contribution in [0, 0.1) is 0 Å². The van der Waals surface area contributed by atoms with Crippen LogP contribution in [-0.2, 0) is 21.4 Å². The van der Waals surface area contributed by atoms with Crippen LogP contribution >= 0.6 is 0 Å². The van der Waals surface area contributed by atoms with E-state index in [1.54, 1.807) is 37.6 Å². The van der Waals surface area contributed by atoms with Crippen LogP contribution < -0.4 is 14.8 Å². The Morgan fingerprint density at radius 1 is 1.23 bits per heavy atom. The molecule has 1 N–H and O–H groups in total. The first-order valence-corrected chi connectivity index (χ1v) is 9.57. The molecule has 0 saturated heterocycles. The van der Waals surface area contributed by atoms with Gasteiger partial charge in [0.2, 0.25) is 21.8 Å². The van der Waals surface area contributed by atoms with Crippen molar-refractivity contribution >= 4 is 15.9 Å². The largest absolute Gasteiger partial charge is 0.497 e. The molecule has 1 aromatic carbocycles. The number of amides is 1. The Balaban J connectivity index is 1.88. The Morgan fingerprint density at radius 3 is 2.58 bits per heavy atom. The smallest absolute Gasteiger partial charge is 0.235 e. The lowest BCUT2D eigenvalue weighted by Gasteiger charge is -2.13. The summed E-state index contributed by atoms with van der Waals surface area (Å²) in [7, 11) is -0.461. The molecule has 0 aliphatic carbocycles. The third-order valence-electron chi connectivity index (χ3n) is 3.48. The van der Waals surface area contributed by atoms with E-state index in [1.165, 1.54) is 7.05 Å². The molecule has 0 atom stereocenters. The van der Waals surface area contributed by atoms with Crippen molar-refractivity contribution in [1.82, 2.24) is 14.6 Å². The van der Waals surface area contributed by atoms with E-state index in [0.717, 1.165) is 16.1 Å². The number of hydrogen-bond donors (Lipinski definition) is 1. The number of pyridine rings is 1. The van der Waals surface area contributed by atoms with E-state index in [-0.39, 0.29) is 13.1 Å². The van der Waals surface area contributed by atoms with E-state index in [0.29, 0.717) is 17.4 Å². The van der Waals surface area contributed by atoms with Crippen LogP contribution in [0.15, 0.2) is 42.6 Å². The average Bonchev–Trinajstić information content (AvgIpc) is 2.60. The third kappa shape index (κ3) is 6.01. The topological polar surface area (TPSA) is 97.8 Å². The van der Waals surface area contributed by atoms with Gasteiger partial charge in [-0.3, -0.25) is 4.79 Å². The highest BCUT2D eigenvalue weighted by Crippen LogP contribution is 2.23. The van der Waals surface area contributed by atoms with Crippen molar-refractivity contribution < 1.29 is 22.7 Å². The van der Waals surface area contributed by atoms with E-state index in [4.69, 9.17) is 9.47 Å². The first-order chi connectivity index (χ1) is 12.3. The molecule has 1 aromatic heterocycles. The molecule has 8 nitrogen and oxygen atoms in total. The maximum Gasteiger partial charge on any atom is 0.235 e. The highest BCUT2D eigenvalue weighted by molar-refractivity contribution is 7.88. The summed E-state index contributed by atoms with van der Waals surface area (Å²) in [4.78, 5) is 16.0. The number of methoxy groups -OCH3 is 1. The maximum absolute atomic E-state index is 11.8. The van der Waals surface area contributed by atoms with Crippen LogP contribution in [0.4, 0.5) is 0 Å². The molecule has 1 heterocycles. The molecule has 1 amide bonds. The second-order valence-corrected chi connectivity index (χ2v) is 7.67. The predicted molar refractivity (Wildman–Crippen MR) is 96.6 cm³/mol. The number of ether oxygens (including phenoxy) is 2. The summed E-state index contributed by atoms with van der Waals surface area (Å²) in [6, 6.07) is 10.6. The van der Waals surface area contributed by atoms with Gasteiger partial charge in [0.25, 0.3) is 0 Å². The number of nitrogens with one attached hydrogen (secondary N) is 1. The standard InChI is InChI=1S/C17H21N3O5S/c1-20(26(3,22)23)12-16(21)18-10-13-7-8-17(19-11-13)25-15-6-4-5-14(9-15)24-2/h4-9,11H,10,12H2,1-3H3,(H,18,21). The van der Waals surface area contributed by atoms with Gasteiger partial charge in [-0.25, -0.2) is 13.4 Å². The van der Waals surface area contributed by atoms with Gasteiger partial charge in [-0.2, -0.15) is 4.31 Å². The van der Waals surface area contributed by atoms with Gasteiger partial charge in [0.05, 0.1) is 19.9 Å². The summed E-state index contributed by atoms with van der Waals surface area (Å²) in [5, 5.41) is 2.64. The van der Waals surface area contributed by atoms with Crippen LogP contribution in [0.1, 0.15) is 5.56 Å². The van der Waals surface area contributed by atoms with Crippen molar-refractivity contribution in [3.8, 4) is 17.4 Å². The number of likely N-dealkylation sites (N-methyl/N-ethyl adjacent to an activating group) is 1. The number of benzene rings is 1. The normalized spacial score (nSPS) is 11.2. The molecule has 0 saturated carbocycles. The Kier molecular flexibility index (Phi) is 6.53. The molecular weight excluding hydrogens is 358 g/mol. The SMILES string of the molecule is COc1cccc(Oc2ccc(CNC(=O)CN(C)S(C)(=O)=O)cn2)c1. The van der Waals surface area contributed by atoms with E-state index in [9.17, 15) is 13.2 Å². The Bertz CT molecular complexity index is 853. The van der Waals surface area contributed by atoms with Gasteiger partial charge in [0, 0.05) is 31.9 Å². The maximum atomic E-state index is 11.8. The fourth-order valence-corrected chi connectivity index (χ4v) is 2.29. The lowest BCUT2D eigenvalue weighted by Crippen LogP contribution is -2.37. The average molecular weight is 379 g/mol. The fraction of sp³-hybridized carbons (Fsp3) is 0.294. The molecule has 2 rings (SSSR count). The molecular formula is C17H21N3O5S. The van der Waals surface area contributed by atoms with E-state index in [1.807, 2.05) is 12.1 Å². The first-order valence-electron chi connectivity index (χ1n) is 7.73. The van der Waals surface area contributed by atoms with Crippen LogP contribution in [-0.4, -0.2) is 50.6 Å².